The van der Waals surface area contributed by atoms with E-state index in [9.17, 15) is 0 Å². The molecule has 2 aromatic rings. The molecule has 4 heteroatoms. The Kier molecular flexibility index (Phi) is 4.32. The van der Waals surface area contributed by atoms with Gasteiger partial charge in [0, 0.05) is 22.3 Å². The molecule has 0 radical (unpaired) electrons. The Hall–Kier alpha value is -0.290. The summed E-state index contributed by atoms with van der Waals surface area (Å²) in [5.41, 5.74) is 2.83. The Morgan fingerprint density at radius 2 is 2.05 bits per heavy atom. The number of halogens is 1. The number of fused-ring (bicyclic) bond motifs is 1. The van der Waals surface area contributed by atoms with Crippen molar-refractivity contribution < 1.29 is 0 Å². The van der Waals surface area contributed by atoms with Crippen molar-refractivity contribution >= 4 is 39.0 Å². The molecule has 0 fully saturated rings. The predicted octanol–water partition coefficient (Wildman–Crippen LogP) is 5.23. The van der Waals surface area contributed by atoms with Gasteiger partial charge in [0.15, 0.2) is 0 Å². The van der Waals surface area contributed by atoms with E-state index in [1.165, 1.54) is 21.8 Å². The van der Waals surface area contributed by atoms with E-state index >= 15 is 0 Å². The van der Waals surface area contributed by atoms with E-state index in [-0.39, 0.29) is 0 Å². The van der Waals surface area contributed by atoms with Crippen LogP contribution in [0, 0.1) is 0 Å². The molecule has 1 aliphatic rings. The molecule has 0 saturated carbocycles. The van der Waals surface area contributed by atoms with Crippen LogP contribution in [0.1, 0.15) is 30.5 Å². The number of hydrogen-bond acceptors (Lipinski definition) is 3. The molecule has 1 aromatic carbocycles. The largest absolute Gasteiger partial charge is 0.306 e. The summed E-state index contributed by atoms with van der Waals surface area (Å²) in [5.74, 6) is 0. The van der Waals surface area contributed by atoms with Gasteiger partial charge in [0.25, 0.3) is 0 Å². The lowest BCUT2D eigenvalue weighted by molar-refractivity contribution is 0.488. The third-order valence-electron chi connectivity index (χ3n) is 3.38. The van der Waals surface area contributed by atoms with E-state index in [1.54, 1.807) is 0 Å². The van der Waals surface area contributed by atoms with Crippen LogP contribution < -0.4 is 5.32 Å². The first kappa shape index (κ1) is 13.7. The van der Waals surface area contributed by atoms with Gasteiger partial charge in [0.05, 0.1) is 4.21 Å². The minimum Gasteiger partial charge on any atom is -0.306 e. The summed E-state index contributed by atoms with van der Waals surface area (Å²) >= 11 is 7.37. The van der Waals surface area contributed by atoms with Crippen molar-refractivity contribution in [1.82, 2.24) is 5.32 Å². The third-order valence-corrected chi connectivity index (χ3v) is 6.25. The molecule has 0 amide bonds. The molecule has 19 heavy (non-hydrogen) atoms. The summed E-state index contributed by atoms with van der Waals surface area (Å²) in [4.78, 5) is 0. The van der Waals surface area contributed by atoms with E-state index in [4.69, 9.17) is 0 Å². The second-order valence-corrected chi connectivity index (χ2v) is 8.43. The lowest BCUT2D eigenvalue weighted by Crippen LogP contribution is -2.26. The van der Waals surface area contributed by atoms with E-state index in [1.807, 2.05) is 23.1 Å². The summed E-state index contributed by atoms with van der Waals surface area (Å²) in [6, 6.07) is 11.3. The van der Waals surface area contributed by atoms with Crippen LogP contribution in [0.15, 0.2) is 44.4 Å². The lowest BCUT2D eigenvalue weighted by atomic mass is 10.0. The highest BCUT2D eigenvalue weighted by atomic mass is 79.9. The predicted molar refractivity (Wildman–Crippen MR) is 88.0 cm³/mol. The zero-order valence-electron chi connectivity index (χ0n) is 10.7. The van der Waals surface area contributed by atoms with Gasteiger partial charge in [-0.25, -0.2) is 0 Å². The molecule has 1 aliphatic heterocycles. The van der Waals surface area contributed by atoms with Gasteiger partial charge < -0.3 is 5.32 Å². The van der Waals surface area contributed by atoms with Crippen LogP contribution in [0.2, 0.25) is 0 Å². The van der Waals surface area contributed by atoms with Crippen molar-refractivity contribution in [2.24, 2.45) is 0 Å². The zero-order chi connectivity index (χ0) is 13.2. The smallest absolute Gasteiger partial charge is 0.0649 e. The SMILES string of the molecule is C[C@H]1CC(NCc2ccc(Br)cc2)c2ccsc2S1. The standard InChI is InChI=1S/C15H16BrNS2/c1-10-8-14(13-6-7-18-15(13)19-10)17-9-11-2-4-12(16)5-3-11/h2-7,10,14,17H,8-9H2,1H3/t10-,14?/m0/s1. The molecule has 1 N–H and O–H groups in total. The average Bonchev–Trinajstić information content (AvgIpc) is 2.85. The molecule has 1 unspecified atom stereocenters. The topological polar surface area (TPSA) is 12.0 Å². The summed E-state index contributed by atoms with van der Waals surface area (Å²) in [6.07, 6.45) is 1.21. The van der Waals surface area contributed by atoms with Crippen LogP contribution in [0.4, 0.5) is 0 Å². The van der Waals surface area contributed by atoms with Gasteiger partial charge in [-0.15, -0.1) is 23.1 Å². The fourth-order valence-corrected chi connectivity index (χ4v) is 5.22. The molecule has 0 bridgehead atoms. The second-order valence-electron chi connectivity index (χ2n) is 4.89. The summed E-state index contributed by atoms with van der Waals surface area (Å²) in [6.45, 7) is 3.26. The molecular formula is C15H16BrNS2. The van der Waals surface area contributed by atoms with Crippen LogP contribution >= 0.6 is 39.0 Å². The van der Waals surface area contributed by atoms with Crippen LogP contribution in [0.5, 0.6) is 0 Å². The van der Waals surface area contributed by atoms with Gasteiger partial charge in [-0.3, -0.25) is 0 Å². The normalized spacial score (nSPS) is 22.2. The lowest BCUT2D eigenvalue weighted by Gasteiger charge is -2.27. The highest BCUT2D eigenvalue weighted by molar-refractivity contribution is 9.10. The van der Waals surface area contributed by atoms with E-state index in [2.05, 4.69) is 63.9 Å². The Morgan fingerprint density at radius 3 is 2.84 bits per heavy atom. The molecule has 1 nitrogen and oxygen atoms in total. The van der Waals surface area contributed by atoms with Crippen molar-refractivity contribution in [1.29, 1.82) is 0 Å². The Labute approximate surface area is 130 Å². The van der Waals surface area contributed by atoms with Crippen LogP contribution in [-0.2, 0) is 6.54 Å². The monoisotopic (exact) mass is 353 g/mol. The molecule has 2 atom stereocenters. The zero-order valence-corrected chi connectivity index (χ0v) is 13.9. The average molecular weight is 354 g/mol. The van der Waals surface area contributed by atoms with Crippen molar-refractivity contribution in [3.05, 3.63) is 51.3 Å². The Balaban J connectivity index is 1.69. The summed E-state index contributed by atoms with van der Waals surface area (Å²) in [7, 11) is 0. The van der Waals surface area contributed by atoms with Crippen molar-refractivity contribution in [2.75, 3.05) is 0 Å². The van der Waals surface area contributed by atoms with Gasteiger partial charge in [-0.05, 0) is 41.1 Å². The molecule has 2 heterocycles. The number of hydrogen-bond donors (Lipinski definition) is 1. The fraction of sp³-hybridized carbons (Fsp3) is 0.333. The van der Waals surface area contributed by atoms with E-state index in [0.29, 0.717) is 11.3 Å². The molecule has 0 saturated heterocycles. The maximum absolute atomic E-state index is 3.71. The molecular weight excluding hydrogens is 338 g/mol. The van der Waals surface area contributed by atoms with Crippen molar-refractivity contribution in [3.8, 4) is 0 Å². The van der Waals surface area contributed by atoms with Gasteiger partial charge in [0.1, 0.15) is 0 Å². The number of benzene rings is 1. The second kappa shape index (κ2) is 6.00. The van der Waals surface area contributed by atoms with Gasteiger partial charge in [0.2, 0.25) is 0 Å². The molecule has 0 aliphatic carbocycles. The van der Waals surface area contributed by atoms with Crippen LogP contribution in [0.3, 0.4) is 0 Å². The van der Waals surface area contributed by atoms with Gasteiger partial charge in [-0.2, -0.15) is 0 Å². The first-order chi connectivity index (χ1) is 9.22. The van der Waals surface area contributed by atoms with E-state index in [0.717, 1.165) is 11.0 Å². The number of rotatable bonds is 3. The quantitative estimate of drug-likeness (QED) is 0.810. The molecule has 3 rings (SSSR count). The third kappa shape index (κ3) is 3.24. The highest BCUT2D eigenvalue weighted by Crippen LogP contribution is 2.43. The van der Waals surface area contributed by atoms with Gasteiger partial charge in [-0.1, -0.05) is 35.0 Å². The van der Waals surface area contributed by atoms with Crippen molar-refractivity contribution in [3.63, 3.8) is 0 Å². The first-order valence-corrected chi connectivity index (χ1v) is 8.99. The van der Waals surface area contributed by atoms with Crippen LogP contribution in [0.25, 0.3) is 0 Å². The summed E-state index contributed by atoms with van der Waals surface area (Å²) in [5, 5.41) is 6.62. The Morgan fingerprint density at radius 1 is 1.26 bits per heavy atom. The first-order valence-electron chi connectivity index (χ1n) is 6.44. The maximum atomic E-state index is 3.71. The van der Waals surface area contributed by atoms with E-state index < -0.39 is 0 Å². The minimum absolute atomic E-state index is 0.501. The maximum Gasteiger partial charge on any atom is 0.0649 e. The fourth-order valence-electron chi connectivity index (χ4n) is 2.39. The van der Waals surface area contributed by atoms with Crippen LogP contribution in [-0.4, -0.2) is 5.25 Å². The molecule has 0 spiro atoms. The van der Waals surface area contributed by atoms with Gasteiger partial charge >= 0.3 is 0 Å². The number of nitrogens with one attached hydrogen (secondary N) is 1. The Bertz CT molecular complexity index is 550. The van der Waals surface area contributed by atoms with Crippen molar-refractivity contribution in [2.45, 2.75) is 35.4 Å². The highest BCUT2D eigenvalue weighted by Gasteiger charge is 2.25. The molecule has 1 aromatic heterocycles. The summed E-state index contributed by atoms with van der Waals surface area (Å²) < 4.78 is 2.63. The number of thiophene rings is 1. The molecule has 100 valence electrons. The number of thioether (sulfide) groups is 1. The minimum atomic E-state index is 0.501.